The lowest BCUT2D eigenvalue weighted by molar-refractivity contribution is -0.116. The number of nitrogens with zero attached hydrogens (tertiary/aromatic N) is 2. The third-order valence-corrected chi connectivity index (χ3v) is 4.51. The van der Waals surface area contributed by atoms with E-state index >= 15 is 0 Å². The highest BCUT2D eigenvalue weighted by Gasteiger charge is 2.17. The maximum absolute atomic E-state index is 13.0. The topological polar surface area (TPSA) is 84.2 Å². The molecule has 6 nitrogen and oxygen atoms in total. The first-order valence-electron chi connectivity index (χ1n) is 8.81. The number of hydrogen-bond acceptors (Lipinski definition) is 4. The number of aryl methyl sites for hydroxylation is 1. The first kappa shape index (κ1) is 19.8. The Labute approximate surface area is 167 Å². The standard InChI is InChI=1S/C21H20ClN3O3/c1-14-18(10-11-26)21(28)25(20(23-14)15-6-3-2-4-7-15)13-19(27)24-17-9-5-8-16(22)12-17/h2-9,12,26H,10-11,13H2,1H3,(H,24,27). The van der Waals surface area contributed by atoms with E-state index in [0.29, 0.717) is 27.8 Å². The molecule has 0 aliphatic heterocycles. The molecule has 0 fully saturated rings. The maximum atomic E-state index is 13.0. The van der Waals surface area contributed by atoms with Gasteiger partial charge in [-0.25, -0.2) is 4.98 Å². The van der Waals surface area contributed by atoms with Crippen molar-refractivity contribution in [1.82, 2.24) is 9.55 Å². The number of rotatable bonds is 6. The first-order valence-corrected chi connectivity index (χ1v) is 9.19. The molecular formula is C21H20ClN3O3. The average Bonchev–Trinajstić information content (AvgIpc) is 2.68. The number of anilines is 1. The summed E-state index contributed by atoms with van der Waals surface area (Å²) in [5, 5.41) is 12.5. The van der Waals surface area contributed by atoms with Crippen molar-refractivity contribution < 1.29 is 9.90 Å². The fourth-order valence-electron chi connectivity index (χ4n) is 2.96. The van der Waals surface area contributed by atoms with Gasteiger partial charge in [0.1, 0.15) is 12.4 Å². The molecule has 2 N–H and O–H groups in total. The minimum atomic E-state index is -0.373. The SMILES string of the molecule is Cc1nc(-c2ccccc2)n(CC(=O)Nc2cccc(Cl)c2)c(=O)c1CCO. The molecule has 3 aromatic rings. The molecular weight excluding hydrogens is 378 g/mol. The second-order valence-electron chi connectivity index (χ2n) is 6.29. The number of benzene rings is 2. The highest BCUT2D eigenvalue weighted by atomic mass is 35.5. The summed E-state index contributed by atoms with van der Waals surface area (Å²) in [6, 6.07) is 16.0. The molecule has 0 aliphatic rings. The van der Waals surface area contributed by atoms with Crippen molar-refractivity contribution >= 4 is 23.2 Å². The van der Waals surface area contributed by atoms with Gasteiger partial charge in [-0.05, 0) is 25.1 Å². The number of aliphatic hydroxyl groups is 1. The van der Waals surface area contributed by atoms with Gasteiger partial charge < -0.3 is 10.4 Å². The van der Waals surface area contributed by atoms with Crippen LogP contribution in [-0.4, -0.2) is 27.2 Å². The molecule has 2 aromatic carbocycles. The Bertz CT molecular complexity index is 1050. The van der Waals surface area contributed by atoms with E-state index in [4.69, 9.17) is 11.6 Å². The molecule has 3 rings (SSSR count). The Morgan fingerprint density at radius 1 is 1.18 bits per heavy atom. The summed E-state index contributed by atoms with van der Waals surface area (Å²) in [5.74, 6) is 0.0354. The molecule has 28 heavy (non-hydrogen) atoms. The number of aromatic nitrogens is 2. The third kappa shape index (κ3) is 4.47. The lowest BCUT2D eigenvalue weighted by Crippen LogP contribution is -2.33. The van der Waals surface area contributed by atoms with Crippen molar-refractivity contribution in [1.29, 1.82) is 0 Å². The van der Waals surface area contributed by atoms with Crippen molar-refractivity contribution in [3.05, 3.63) is 81.2 Å². The van der Waals surface area contributed by atoms with E-state index < -0.39 is 0 Å². The summed E-state index contributed by atoms with van der Waals surface area (Å²) in [6.07, 6.45) is 0.183. The number of amides is 1. The molecule has 0 bridgehead atoms. The van der Waals surface area contributed by atoms with Gasteiger partial charge in [-0.3, -0.25) is 14.2 Å². The Hall–Kier alpha value is -2.96. The first-order chi connectivity index (χ1) is 13.5. The second-order valence-corrected chi connectivity index (χ2v) is 6.73. The van der Waals surface area contributed by atoms with Gasteiger partial charge >= 0.3 is 0 Å². The van der Waals surface area contributed by atoms with E-state index in [1.54, 1.807) is 31.2 Å². The van der Waals surface area contributed by atoms with Gasteiger partial charge in [0.25, 0.3) is 5.56 Å². The number of hydrogen-bond donors (Lipinski definition) is 2. The Morgan fingerprint density at radius 3 is 2.61 bits per heavy atom. The molecule has 0 saturated heterocycles. The van der Waals surface area contributed by atoms with Crippen LogP contribution >= 0.6 is 11.6 Å². The van der Waals surface area contributed by atoms with Crippen molar-refractivity contribution in [3.63, 3.8) is 0 Å². The van der Waals surface area contributed by atoms with Crippen LogP contribution in [-0.2, 0) is 17.8 Å². The van der Waals surface area contributed by atoms with Crippen LogP contribution in [0.2, 0.25) is 5.02 Å². The molecule has 0 unspecified atom stereocenters. The van der Waals surface area contributed by atoms with Crippen LogP contribution in [0.5, 0.6) is 0 Å². The molecule has 0 aliphatic carbocycles. The van der Waals surface area contributed by atoms with E-state index in [0.717, 1.165) is 5.56 Å². The van der Waals surface area contributed by atoms with E-state index in [2.05, 4.69) is 10.3 Å². The summed E-state index contributed by atoms with van der Waals surface area (Å²) in [5.41, 5.74) is 1.89. The number of halogens is 1. The Balaban J connectivity index is 2.01. The second kappa shape index (κ2) is 8.82. The summed E-state index contributed by atoms with van der Waals surface area (Å²) in [7, 11) is 0. The molecule has 1 amide bonds. The van der Waals surface area contributed by atoms with Gasteiger partial charge in [0.05, 0.1) is 0 Å². The zero-order chi connectivity index (χ0) is 20.1. The predicted molar refractivity (Wildman–Crippen MR) is 110 cm³/mol. The molecule has 1 heterocycles. The van der Waals surface area contributed by atoms with Gasteiger partial charge in [0, 0.05) is 40.6 Å². The van der Waals surface area contributed by atoms with Crippen molar-refractivity contribution in [2.45, 2.75) is 19.9 Å². The fourth-order valence-corrected chi connectivity index (χ4v) is 3.16. The van der Waals surface area contributed by atoms with Crippen LogP contribution in [0.3, 0.4) is 0 Å². The van der Waals surface area contributed by atoms with Crippen molar-refractivity contribution in [2.75, 3.05) is 11.9 Å². The van der Waals surface area contributed by atoms with Gasteiger partial charge in [-0.1, -0.05) is 48.0 Å². The monoisotopic (exact) mass is 397 g/mol. The van der Waals surface area contributed by atoms with E-state index in [1.807, 2.05) is 30.3 Å². The van der Waals surface area contributed by atoms with Gasteiger partial charge in [-0.2, -0.15) is 0 Å². The van der Waals surface area contributed by atoms with Crippen LogP contribution in [0.25, 0.3) is 11.4 Å². The van der Waals surface area contributed by atoms with Gasteiger partial charge in [-0.15, -0.1) is 0 Å². The molecule has 0 radical (unpaired) electrons. The summed E-state index contributed by atoms with van der Waals surface area (Å²) >= 11 is 5.95. The smallest absolute Gasteiger partial charge is 0.257 e. The molecule has 144 valence electrons. The molecule has 1 aromatic heterocycles. The summed E-state index contributed by atoms with van der Waals surface area (Å²) < 4.78 is 1.34. The third-order valence-electron chi connectivity index (χ3n) is 4.27. The largest absolute Gasteiger partial charge is 0.396 e. The minimum Gasteiger partial charge on any atom is -0.396 e. The number of carbonyl (C=O) groups excluding carboxylic acids is 1. The summed E-state index contributed by atoms with van der Waals surface area (Å²) in [6.45, 7) is 1.35. The number of aliphatic hydroxyl groups excluding tert-OH is 1. The Morgan fingerprint density at radius 2 is 1.93 bits per heavy atom. The molecule has 0 saturated carbocycles. The van der Waals surface area contributed by atoms with Gasteiger partial charge in [0.2, 0.25) is 5.91 Å². The van der Waals surface area contributed by atoms with E-state index in [1.165, 1.54) is 4.57 Å². The quantitative estimate of drug-likeness (QED) is 0.669. The lowest BCUT2D eigenvalue weighted by atomic mass is 10.1. The number of carbonyl (C=O) groups is 1. The zero-order valence-corrected chi connectivity index (χ0v) is 16.1. The van der Waals surface area contributed by atoms with Crippen LogP contribution in [0.15, 0.2) is 59.4 Å². The maximum Gasteiger partial charge on any atom is 0.257 e. The predicted octanol–water partition coefficient (Wildman–Crippen LogP) is 3.05. The highest BCUT2D eigenvalue weighted by molar-refractivity contribution is 6.30. The van der Waals surface area contributed by atoms with E-state index in [9.17, 15) is 14.7 Å². The van der Waals surface area contributed by atoms with Crippen LogP contribution in [0, 0.1) is 6.92 Å². The number of nitrogens with one attached hydrogen (secondary N) is 1. The molecule has 7 heteroatoms. The molecule has 0 spiro atoms. The highest BCUT2D eigenvalue weighted by Crippen LogP contribution is 2.18. The average molecular weight is 398 g/mol. The minimum absolute atomic E-state index is 0.169. The lowest BCUT2D eigenvalue weighted by Gasteiger charge is -2.16. The van der Waals surface area contributed by atoms with Crippen LogP contribution in [0.1, 0.15) is 11.3 Å². The zero-order valence-electron chi connectivity index (χ0n) is 15.4. The van der Waals surface area contributed by atoms with Crippen LogP contribution < -0.4 is 10.9 Å². The van der Waals surface area contributed by atoms with Crippen LogP contribution in [0.4, 0.5) is 5.69 Å². The van der Waals surface area contributed by atoms with Gasteiger partial charge in [0.15, 0.2) is 0 Å². The van der Waals surface area contributed by atoms with Crippen molar-refractivity contribution in [2.24, 2.45) is 0 Å². The normalized spacial score (nSPS) is 10.7. The molecule has 0 atom stereocenters. The summed E-state index contributed by atoms with van der Waals surface area (Å²) in [4.78, 5) is 30.2. The Kier molecular flexibility index (Phi) is 6.23. The van der Waals surface area contributed by atoms with E-state index in [-0.39, 0.29) is 31.0 Å². The van der Waals surface area contributed by atoms with Crippen molar-refractivity contribution in [3.8, 4) is 11.4 Å². The fraction of sp³-hybridized carbons (Fsp3) is 0.190.